The van der Waals surface area contributed by atoms with E-state index in [2.05, 4.69) is 23.6 Å². The Morgan fingerprint density at radius 2 is 1.86 bits per heavy atom. The molecule has 5 nitrogen and oxygen atoms in total. The fraction of sp³-hybridized carbons (Fsp3) is 0.938. The number of hydrogen-bond donors (Lipinski definition) is 0. The van der Waals surface area contributed by atoms with Crippen molar-refractivity contribution in [3.8, 4) is 0 Å². The molecular weight excluding hydrogens is 266 g/mol. The number of nitrogens with zero attached hydrogens (tertiary/aromatic N) is 3. The summed E-state index contributed by atoms with van der Waals surface area (Å²) < 4.78 is 5.81. The molecule has 21 heavy (non-hydrogen) atoms. The van der Waals surface area contributed by atoms with Crippen molar-refractivity contribution in [2.75, 3.05) is 59.0 Å². The predicted molar refractivity (Wildman–Crippen MR) is 84.4 cm³/mol. The number of hydrogen-bond acceptors (Lipinski definition) is 4. The summed E-state index contributed by atoms with van der Waals surface area (Å²) >= 11 is 0. The summed E-state index contributed by atoms with van der Waals surface area (Å²) in [5.74, 6) is 0.285. The first-order valence-corrected chi connectivity index (χ1v) is 8.57. The maximum atomic E-state index is 12.3. The Morgan fingerprint density at radius 1 is 1.14 bits per heavy atom. The normalized spacial score (nSPS) is 24.5. The number of ether oxygens (including phenoxy) is 1. The van der Waals surface area contributed by atoms with Gasteiger partial charge in [-0.15, -0.1) is 0 Å². The van der Waals surface area contributed by atoms with Crippen molar-refractivity contribution in [3.05, 3.63) is 0 Å². The molecule has 2 rings (SSSR count). The van der Waals surface area contributed by atoms with Crippen molar-refractivity contribution in [3.63, 3.8) is 0 Å². The molecule has 2 fully saturated rings. The minimum Gasteiger partial charge on any atom is -0.377 e. The molecule has 0 spiro atoms. The van der Waals surface area contributed by atoms with E-state index in [-0.39, 0.29) is 5.91 Å². The van der Waals surface area contributed by atoms with E-state index in [1.54, 1.807) is 0 Å². The third kappa shape index (κ3) is 5.24. The Kier molecular flexibility index (Phi) is 6.93. The Balaban J connectivity index is 1.68. The smallest absolute Gasteiger partial charge is 0.236 e. The highest BCUT2D eigenvalue weighted by Crippen LogP contribution is 2.15. The van der Waals surface area contributed by atoms with E-state index in [4.69, 9.17) is 4.74 Å². The fourth-order valence-corrected chi connectivity index (χ4v) is 3.16. The summed E-state index contributed by atoms with van der Waals surface area (Å²) in [6.07, 6.45) is 4.12. The number of carbonyl (C=O) groups excluding carboxylic acids is 1. The molecule has 2 aliphatic rings. The van der Waals surface area contributed by atoms with Gasteiger partial charge in [-0.2, -0.15) is 0 Å². The van der Waals surface area contributed by atoms with Crippen LogP contribution in [0.15, 0.2) is 0 Å². The lowest BCUT2D eigenvalue weighted by Gasteiger charge is -2.37. The molecule has 0 radical (unpaired) electrons. The molecule has 0 unspecified atom stereocenters. The van der Waals surface area contributed by atoms with Crippen LogP contribution >= 0.6 is 0 Å². The topological polar surface area (TPSA) is 36.0 Å². The van der Waals surface area contributed by atoms with Gasteiger partial charge in [-0.25, -0.2) is 0 Å². The zero-order valence-corrected chi connectivity index (χ0v) is 13.7. The first-order chi connectivity index (χ1) is 10.2. The van der Waals surface area contributed by atoms with Crippen molar-refractivity contribution in [1.29, 1.82) is 0 Å². The average Bonchev–Trinajstić information content (AvgIpc) is 2.54. The van der Waals surface area contributed by atoms with Crippen molar-refractivity contribution in [2.24, 2.45) is 0 Å². The standard InChI is InChI=1S/C16H31N3O2/c1-3-17(4-2)14-16(20)19-10-8-18(9-11-19)13-15-7-5-6-12-21-15/h15H,3-14H2,1-2H3/t15-/m0/s1. The lowest BCUT2D eigenvalue weighted by atomic mass is 10.1. The zero-order valence-electron chi connectivity index (χ0n) is 13.7. The summed E-state index contributed by atoms with van der Waals surface area (Å²) in [5, 5.41) is 0. The lowest BCUT2D eigenvalue weighted by Crippen LogP contribution is -2.52. The van der Waals surface area contributed by atoms with Gasteiger partial charge in [0.1, 0.15) is 0 Å². The number of carbonyl (C=O) groups is 1. The van der Waals surface area contributed by atoms with E-state index in [1.807, 2.05) is 4.90 Å². The molecule has 0 aromatic rings. The molecule has 0 N–H and O–H groups in total. The van der Waals surface area contributed by atoms with E-state index in [0.29, 0.717) is 12.6 Å². The van der Waals surface area contributed by atoms with E-state index >= 15 is 0 Å². The van der Waals surface area contributed by atoms with Gasteiger partial charge in [-0.1, -0.05) is 13.8 Å². The van der Waals surface area contributed by atoms with E-state index in [9.17, 15) is 4.79 Å². The Morgan fingerprint density at radius 3 is 2.43 bits per heavy atom. The summed E-state index contributed by atoms with van der Waals surface area (Å²) in [7, 11) is 0. The van der Waals surface area contributed by atoms with Crippen LogP contribution < -0.4 is 0 Å². The van der Waals surface area contributed by atoms with Crippen LogP contribution in [0.1, 0.15) is 33.1 Å². The highest BCUT2D eigenvalue weighted by molar-refractivity contribution is 5.78. The molecule has 0 aromatic heterocycles. The molecule has 122 valence electrons. The quantitative estimate of drug-likeness (QED) is 0.734. The van der Waals surface area contributed by atoms with Gasteiger partial charge < -0.3 is 9.64 Å². The first kappa shape index (κ1) is 16.7. The Labute approximate surface area is 129 Å². The minimum absolute atomic E-state index is 0.285. The van der Waals surface area contributed by atoms with E-state index in [1.165, 1.54) is 19.3 Å². The number of likely N-dealkylation sites (N-methyl/N-ethyl adjacent to an activating group) is 1. The van der Waals surface area contributed by atoms with Gasteiger partial charge in [0, 0.05) is 39.3 Å². The number of amides is 1. The van der Waals surface area contributed by atoms with E-state index < -0.39 is 0 Å². The summed E-state index contributed by atoms with van der Waals surface area (Å²) in [4.78, 5) is 18.9. The van der Waals surface area contributed by atoms with Crippen LogP contribution in [0.4, 0.5) is 0 Å². The van der Waals surface area contributed by atoms with Gasteiger partial charge in [-0.3, -0.25) is 14.6 Å². The Bertz CT molecular complexity index is 307. The number of rotatable bonds is 6. The predicted octanol–water partition coefficient (Wildman–Crippen LogP) is 1.04. The fourth-order valence-electron chi connectivity index (χ4n) is 3.16. The van der Waals surface area contributed by atoms with Crippen LogP contribution in [0.25, 0.3) is 0 Å². The molecule has 0 bridgehead atoms. The third-order valence-corrected chi connectivity index (χ3v) is 4.71. The summed E-state index contributed by atoms with van der Waals surface area (Å²) in [6, 6.07) is 0. The van der Waals surface area contributed by atoms with Gasteiger partial charge in [-0.05, 0) is 32.4 Å². The zero-order chi connectivity index (χ0) is 15.1. The van der Waals surface area contributed by atoms with Gasteiger partial charge in [0.15, 0.2) is 0 Å². The van der Waals surface area contributed by atoms with Crippen molar-refractivity contribution in [2.45, 2.75) is 39.2 Å². The molecule has 1 atom stereocenters. The van der Waals surface area contributed by atoms with Crippen LogP contribution in [0.3, 0.4) is 0 Å². The number of piperazine rings is 1. The molecule has 2 aliphatic heterocycles. The lowest BCUT2D eigenvalue weighted by molar-refractivity contribution is -0.134. The third-order valence-electron chi connectivity index (χ3n) is 4.71. The maximum Gasteiger partial charge on any atom is 0.236 e. The van der Waals surface area contributed by atoms with Crippen LogP contribution in [-0.4, -0.2) is 85.7 Å². The second kappa shape index (κ2) is 8.71. The SMILES string of the molecule is CCN(CC)CC(=O)N1CCN(C[C@@H]2CCCCO2)CC1. The van der Waals surface area contributed by atoms with Crippen LogP contribution in [0, 0.1) is 0 Å². The Hall–Kier alpha value is -0.650. The molecule has 0 saturated carbocycles. The van der Waals surface area contributed by atoms with Crippen molar-refractivity contribution < 1.29 is 9.53 Å². The highest BCUT2D eigenvalue weighted by Gasteiger charge is 2.24. The molecule has 0 aliphatic carbocycles. The maximum absolute atomic E-state index is 12.3. The van der Waals surface area contributed by atoms with Gasteiger partial charge in [0.2, 0.25) is 5.91 Å². The highest BCUT2D eigenvalue weighted by atomic mass is 16.5. The first-order valence-electron chi connectivity index (χ1n) is 8.57. The van der Waals surface area contributed by atoms with Crippen molar-refractivity contribution in [1.82, 2.24) is 14.7 Å². The second-order valence-electron chi connectivity index (χ2n) is 6.13. The molecule has 0 aromatic carbocycles. The molecule has 1 amide bonds. The van der Waals surface area contributed by atoms with Gasteiger partial charge in [0.05, 0.1) is 12.6 Å². The van der Waals surface area contributed by atoms with Crippen molar-refractivity contribution >= 4 is 5.91 Å². The second-order valence-corrected chi connectivity index (χ2v) is 6.13. The summed E-state index contributed by atoms with van der Waals surface area (Å²) in [5.41, 5.74) is 0. The minimum atomic E-state index is 0.285. The van der Waals surface area contributed by atoms with Crippen LogP contribution in [0.5, 0.6) is 0 Å². The van der Waals surface area contributed by atoms with Crippen LogP contribution in [-0.2, 0) is 9.53 Å². The van der Waals surface area contributed by atoms with Gasteiger partial charge >= 0.3 is 0 Å². The molecule has 2 heterocycles. The molecule has 2 saturated heterocycles. The van der Waals surface area contributed by atoms with E-state index in [0.717, 1.165) is 52.4 Å². The molecule has 5 heteroatoms. The molecular formula is C16H31N3O2. The average molecular weight is 297 g/mol. The van der Waals surface area contributed by atoms with Gasteiger partial charge in [0.25, 0.3) is 0 Å². The monoisotopic (exact) mass is 297 g/mol. The largest absolute Gasteiger partial charge is 0.377 e. The summed E-state index contributed by atoms with van der Waals surface area (Å²) in [6.45, 7) is 12.4. The van der Waals surface area contributed by atoms with Crippen LogP contribution in [0.2, 0.25) is 0 Å².